The second kappa shape index (κ2) is 6.80. The van der Waals surface area contributed by atoms with Crippen LogP contribution in [0, 0.1) is 0 Å². The summed E-state index contributed by atoms with van der Waals surface area (Å²) in [5, 5.41) is 11.4. The molecule has 2 N–H and O–H groups in total. The van der Waals surface area contributed by atoms with Crippen LogP contribution in [0.5, 0.6) is 0 Å². The summed E-state index contributed by atoms with van der Waals surface area (Å²) in [6.45, 7) is 2.92. The van der Waals surface area contributed by atoms with Gasteiger partial charge in [0, 0.05) is 13.2 Å². The average molecular weight is 215 g/mol. The Labute approximate surface area is 91.0 Å². The Kier molecular flexibility index (Phi) is 5.65. The van der Waals surface area contributed by atoms with Gasteiger partial charge in [-0.15, -0.1) is 0 Å². The van der Waals surface area contributed by atoms with Crippen LogP contribution in [0.15, 0.2) is 0 Å². The Hall–Kier alpha value is -0.610. The van der Waals surface area contributed by atoms with E-state index in [-0.39, 0.29) is 24.7 Å². The number of rotatable bonds is 6. The first-order valence-corrected chi connectivity index (χ1v) is 5.78. The lowest BCUT2D eigenvalue weighted by molar-refractivity contribution is -0.131. The number of aliphatic hydroxyl groups excluding tert-OH is 1. The highest BCUT2D eigenvalue weighted by Crippen LogP contribution is 2.18. The third-order valence-electron chi connectivity index (χ3n) is 2.66. The van der Waals surface area contributed by atoms with E-state index in [4.69, 9.17) is 9.84 Å². The van der Waals surface area contributed by atoms with Crippen LogP contribution in [-0.4, -0.2) is 36.4 Å². The van der Waals surface area contributed by atoms with Crippen LogP contribution in [0.1, 0.15) is 39.0 Å². The first-order chi connectivity index (χ1) is 7.24. The van der Waals surface area contributed by atoms with Gasteiger partial charge in [0.05, 0.1) is 6.10 Å². The summed E-state index contributed by atoms with van der Waals surface area (Å²) in [7, 11) is 0. The fraction of sp³-hybridized carbons (Fsp3) is 0.909. The molecular weight excluding hydrogens is 194 g/mol. The van der Waals surface area contributed by atoms with Crippen LogP contribution in [0.3, 0.4) is 0 Å². The lowest BCUT2D eigenvalue weighted by Crippen LogP contribution is -2.35. The molecule has 4 nitrogen and oxygen atoms in total. The lowest BCUT2D eigenvalue weighted by atomic mass is 10.2. The van der Waals surface area contributed by atoms with Crippen LogP contribution in [-0.2, 0) is 9.53 Å². The van der Waals surface area contributed by atoms with Crippen LogP contribution in [0.25, 0.3) is 0 Å². The summed E-state index contributed by atoms with van der Waals surface area (Å²) in [5.74, 6) is 0.0170. The summed E-state index contributed by atoms with van der Waals surface area (Å²) in [6.07, 6.45) is 4.49. The van der Waals surface area contributed by atoms with Crippen molar-refractivity contribution >= 4 is 5.91 Å². The van der Waals surface area contributed by atoms with E-state index in [0.717, 1.165) is 32.1 Å². The van der Waals surface area contributed by atoms with Gasteiger partial charge in [0.25, 0.3) is 0 Å². The first-order valence-electron chi connectivity index (χ1n) is 5.78. The van der Waals surface area contributed by atoms with Crippen molar-refractivity contribution in [2.75, 3.05) is 13.2 Å². The third-order valence-corrected chi connectivity index (χ3v) is 2.66. The molecule has 1 heterocycles. The first kappa shape index (κ1) is 12.5. The molecule has 0 bridgehead atoms. The van der Waals surface area contributed by atoms with E-state index in [0.29, 0.717) is 6.54 Å². The van der Waals surface area contributed by atoms with Crippen molar-refractivity contribution in [3.63, 3.8) is 0 Å². The molecule has 1 fully saturated rings. The number of ether oxygens (including phenoxy) is 1. The summed E-state index contributed by atoms with van der Waals surface area (Å²) >= 11 is 0. The van der Waals surface area contributed by atoms with Crippen molar-refractivity contribution in [1.29, 1.82) is 0 Å². The summed E-state index contributed by atoms with van der Waals surface area (Å²) in [5.41, 5.74) is 0. The van der Waals surface area contributed by atoms with Gasteiger partial charge < -0.3 is 15.2 Å². The number of amides is 1. The SMILES string of the molecule is CC1CCC(C(=O)NCCCCCO)O1. The van der Waals surface area contributed by atoms with E-state index >= 15 is 0 Å². The number of nitrogens with one attached hydrogen (secondary N) is 1. The van der Waals surface area contributed by atoms with Gasteiger partial charge in [0.15, 0.2) is 0 Å². The molecule has 1 aliphatic heterocycles. The molecule has 88 valence electrons. The van der Waals surface area contributed by atoms with Crippen molar-refractivity contribution < 1.29 is 14.6 Å². The van der Waals surface area contributed by atoms with E-state index in [9.17, 15) is 4.79 Å². The fourth-order valence-corrected chi connectivity index (χ4v) is 1.73. The third kappa shape index (κ3) is 4.62. The van der Waals surface area contributed by atoms with Crippen LogP contribution in [0.2, 0.25) is 0 Å². The van der Waals surface area contributed by atoms with Crippen molar-refractivity contribution in [3.05, 3.63) is 0 Å². The Bertz CT molecular complexity index is 196. The number of carbonyl (C=O) groups is 1. The molecule has 0 aromatic heterocycles. The van der Waals surface area contributed by atoms with Gasteiger partial charge in [0.2, 0.25) is 5.91 Å². The minimum absolute atomic E-state index is 0.0170. The van der Waals surface area contributed by atoms with E-state index in [2.05, 4.69) is 5.32 Å². The molecule has 0 saturated carbocycles. The van der Waals surface area contributed by atoms with E-state index in [1.165, 1.54) is 0 Å². The molecule has 0 aromatic carbocycles. The smallest absolute Gasteiger partial charge is 0.249 e. The second-order valence-corrected chi connectivity index (χ2v) is 4.09. The van der Waals surface area contributed by atoms with Crippen molar-refractivity contribution in [2.24, 2.45) is 0 Å². The van der Waals surface area contributed by atoms with E-state index in [1.807, 2.05) is 6.92 Å². The van der Waals surface area contributed by atoms with Gasteiger partial charge in [-0.1, -0.05) is 0 Å². The molecule has 2 unspecified atom stereocenters. The van der Waals surface area contributed by atoms with Crippen LogP contribution >= 0.6 is 0 Å². The molecule has 2 atom stereocenters. The second-order valence-electron chi connectivity index (χ2n) is 4.09. The molecule has 0 radical (unpaired) electrons. The van der Waals surface area contributed by atoms with Crippen LogP contribution < -0.4 is 5.32 Å². The monoisotopic (exact) mass is 215 g/mol. The van der Waals surface area contributed by atoms with Gasteiger partial charge in [0.1, 0.15) is 6.10 Å². The molecule has 0 aliphatic carbocycles. The van der Waals surface area contributed by atoms with E-state index < -0.39 is 0 Å². The molecule has 0 aromatic rings. The fourth-order valence-electron chi connectivity index (χ4n) is 1.73. The minimum atomic E-state index is -0.238. The van der Waals surface area contributed by atoms with Crippen molar-refractivity contribution in [2.45, 2.75) is 51.2 Å². The zero-order valence-corrected chi connectivity index (χ0v) is 9.37. The molecule has 1 aliphatic rings. The molecule has 1 amide bonds. The van der Waals surface area contributed by atoms with Crippen LogP contribution in [0.4, 0.5) is 0 Å². The predicted molar refractivity (Wildman–Crippen MR) is 57.5 cm³/mol. The molecule has 15 heavy (non-hydrogen) atoms. The van der Waals surface area contributed by atoms with Crippen molar-refractivity contribution in [3.8, 4) is 0 Å². The number of aliphatic hydroxyl groups is 1. The van der Waals surface area contributed by atoms with Crippen molar-refractivity contribution in [1.82, 2.24) is 5.32 Å². The predicted octanol–water partition coefficient (Wildman–Crippen LogP) is 0.833. The Balaban J connectivity index is 2.03. The molecule has 1 saturated heterocycles. The minimum Gasteiger partial charge on any atom is -0.396 e. The number of hydrogen-bond donors (Lipinski definition) is 2. The van der Waals surface area contributed by atoms with Gasteiger partial charge in [-0.05, 0) is 39.0 Å². The van der Waals surface area contributed by atoms with Gasteiger partial charge in [-0.2, -0.15) is 0 Å². The standard InChI is InChI=1S/C11H21NO3/c1-9-5-6-10(15-9)11(14)12-7-3-2-4-8-13/h9-10,13H,2-8H2,1H3,(H,12,14). The maximum absolute atomic E-state index is 11.5. The largest absolute Gasteiger partial charge is 0.396 e. The Morgan fingerprint density at radius 3 is 2.80 bits per heavy atom. The highest BCUT2D eigenvalue weighted by Gasteiger charge is 2.27. The topological polar surface area (TPSA) is 58.6 Å². The molecule has 1 rings (SSSR count). The Morgan fingerprint density at radius 1 is 1.40 bits per heavy atom. The number of unbranched alkanes of at least 4 members (excludes halogenated alkanes) is 2. The average Bonchev–Trinajstić information content (AvgIpc) is 2.64. The Morgan fingerprint density at radius 2 is 2.20 bits per heavy atom. The van der Waals surface area contributed by atoms with E-state index in [1.54, 1.807) is 0 Å². The molecular formula is C11H21NO3. The quantitative estimate of drug-likeness (QED) is 0.645. The maximum Gasteiger partial charge on any atom is 0.249 e. The highest BCUT2D eigenvalue weighted by molar-refractivity contribution is 5.80. The maximum atomic E-state index is 11.5. The summed E-state index contributed by atoms with van der Waals surface area (Å²) in [4.78, 5) is 11.5. The molecule has 4 heteroatoms. The summed E-state index contributed by atoms with van der Waals surface area (Å²) < 4.78 is 5.45. The lowest BCUT2D eigenvalue weighted by Gasteiger charge is -2.11. The number of carbonyl (C=O) groups excluding carboxylic acids is 1. The zero-order valence-electron chi connectivity index (χ0n) is 9.37. The summed E-state index contributed by atoms with van der Waals surface area (Å²) in [6, 6.07) is 0. The van der Waals surface area contributed by atoms with Gasteiger partial charge in [-0.3, -0.25) is 4.79 Å². The number of hydrogen-bond acceptors (Lipinski definition) is 3. The zero-order chi connectivity index (χ0) is 11.1. The van der Waals surface area contributed by atoms with Gasteiger partial charge >= 0.3 is 0 Å². The normalized spacial score (nSPS) is 25.5. The highest BCUT2D eigenvalue weighted by atomic mass is 16.5. The molecule has 0 spiro atoms. The van der Waals surface area contributed by atoms with Gasteiger partial charge in [-0.25, -0.2) is 0 Å².